The number of hydrogen-bond acceptors (Lipinski definition) is 5. The fourth-order valence-corrected chi connectivity index (χ4v) is 3.64. The molecule has 1 saturated heterocycles. The van der Waals surface area contributed by atoms with Crippen LogP contribution in [-0.4, -0.2) is 37.1 Å². The van der Waals surface area contributed by atoms with Gasteiger partial charge in [-0.25, -0.2) is 9.50 Å². The monoisotopic (exact) mass is 369 g/mol. The largest absolute Gasteiger partial charge is 0.361 e. The van der Waals surface area contributed by atoms with Gasteiger partial charge in [0, 0.05) is 36.9 Å². The van der Waals surface area contributed by atoms with E-state index < -0.39 is 0 Å². The van der Waals surface area contributed by atoms with Crippen molar-refractivity contribution in [2.75, 3.05) is 6.54 Å². The van der Waals surface area contributed by atoms with Gasteiger partial charge in [-0.1, -0.05) is 19.0 Å². The first-order chi connectivity index (χ1) is 13.1. The summed E-state index contributed by atoms with van der Waals surface area (Å²) in [6, 6.07) is 4.98. The second kappa shape index (κ2) is 7.02. The first-order valence-corrected chi connectivity index (χ1v) is 9.48. The van der Waals surface area contributed by atoms with E-state index in [9.17, 15) is 9.59 Å². The summed E-state index contributed by atoms with van der Waals surface area (Å²) in [6.45, 7) is 4.57. The standard InChI is InChI=1S/C19H23N5O3/c1-3-12-9-18(25)24-17(20-12)11-14(21-24)16-7-5-6-8-23(16)19(26)15-10-13(4-2)27-22-15/h9-11,16,21H,3-8H2,1-2H3/t16-/m1/s1. The van der Waals surface area contributed by atoms with Crippen molar-refractivity contribution in [2.45, 2.75) is 52.0 Å². The van der Waals surface area contributed by atoms with Gasteiger partial charge in [0.1, 0.15) is 5.76 Å². The Bertz CT molecular complexity index is 1030. The van der Waals surface area contributed by atoms with Crippen molar-refractivity contribution < 1.29 is 9.32 Å². The molecule has 1 aliphatic rings. The van der Waals surface area contributed by atoms with E-state index in [1.54, 1.807) is 12.1 Å². The summed E-state index contributed by atoms with van der Waals surface area (Å²) in [6.07, 6.45) is 4.18. The molecule has 1 N–H and O–H groups in total. The van der Waals surface area contributed by atoms with Crippen molar-refractivity contribution in [3.05, 3.63) is 51.4 Å². The van der Waals surface area contributed by atoms with E-state index >= 15 is 0 Å². The molecular weight excluding hydrogens is 346 g/mol. The second-order valence-electron chi connectivity index (χ2n) is 6.89. The van der Waals surface area contributed by atoms with E-state index in [0.717, 1.165) is 30.7 Å². The van der Waals surface area contributed by atoms with Crippen LogP contribution < -0.4 is 5.56 Å². The van der Waals surface area contributed by atoms with Gasteiger partial charge in [0.15, 0.2) is 11.3 Å². The van der Waals surface area contributed by atoms with Gasteiger partial charge in [0.2, 0.25) is 0 Å². The number of rotatable bonds is 4. The van der Waals surface area contributed by atoms with Gasteiger partial charge in [-0.3, -0.25) is 14.7 Å². The lowest BCUT2D eigenvalue weighted by atomic mass is 9.99. The fourth-order valence-electron chi connectivity index (χ4n) is 3.64. The van der Waals surface area contributed by atoms with Gasteiger partial charge in [0.25, 0.3) is 11.5 Å². The number of nitrogens with one attached hydrogen (secondary N) is 1. The minimum Gasteiger partial charge on any atom is -0.361 e. The predicted octanol–water partition coefficient (Wildman–Crippen LogP) is 2.50. The van der Waals surface area contributed by atoms with Crippen LogP contribution in [0.1, 0.15) is 66.8 Å². The van der Waals surface area contributed by atoms with Gasteiger partial charge in [-0.2, -0.15) is 0 Å². The molecule has 0 bridgehead atoms. The molecule has 8 nitrogen and oxygen atoms in total. The minimum atomic E-state index is -0.142. The van der Waals surface area contributed by atoms with Crippen LogP contribution in [0.3, 0.4) is 0 Å². The number of amides is 1. The zero-order valence-electron chi connectivity index (χ0n) is 15.6. The van der Waals surface area contributed by atoms with E-state index in [-0.39, 0.29) is 17.5 Å². The van der Waals surface area contributed by atoms with Gasteiger partial charge < -0.3 is 9.42 Å². The third-order valence-electron chi connectivity index (χ3n) is 5.13. The van der Waals surface area contributed by atoms with E-state index in [0.29, 0.717) is 36.5 Å². The molecule has 1 amide bonds. The second-order valence-corrected chi connectivity index (χ2v) is 6.89. The molecule has 3 aromatic rings. The molecular formula is C19H23N5O3. The zero-order chi connectivity index (χ0) is 19.0. The molecule has 4 heterocycles. The number of aromatic amines is 1. The van der Waals surface area contributed by atoms with E-state index in [1.165, 1.54) is 4.52 Å². The molecule has 1 fully saturated rings. The summed E-state index contributed by atoms with van der Waals surface area (Å²) in [4.78, 5) is 31.6. The van der Waals surface area contributed by atoms with Gasteiger partial charge in [0.05, 0.1) is 11.7 Å². The highest BCUT2D eigenvalue weighted by Crippen LogP contribution is 2.31. The molecule has 0 aromatic carbocycles. The number of fused-ring (bicyclic) bond motifs is 1. The maximum absolute atomic E-state index is 13.0. The Morgan fingerprint density at radius 1 is 1.26 bits per heavy atom. The van der Waals surface area contributed by atoms with Crippen molar-refractivity contribution in [2.24, 2.45) is 0 Å². The first-order valence-electron chi connectivity index (χ1n) is 9.48. The van der Waals surface area contributed by atoms with Crippen LogP contribution in [-0.2, 0) is 12.8 Å². The lowest BCUT2D eigenvalue weighted by molar-refractivity contribution is 0.0595. The SMILES string of the molecule is CCc1cc(=O)n2[nH]c([C@H]3CCCCN3C(=O)c3cc(CC)on3)cc2n1. The van der Waals surface area contributed by atoms with Crippen molar-refractivity contribution in [1.29, 1.82) is 0 Å². The van der Waals surface area contributed by atoms with Crippen LogP contribution >= 0.6 is 0 Å². The Balaban J connectivity index is 1.70. The topological polar surface area (TPSA) is 96.5 Å². The molecule has 4 rings (SSSR count). The van der Waals surface area contributed by atoms with Crippen molar-refractivity contribution >= 4 is 11.6 Å². The van der Waals surface area contributed by atoms with Crippen molar-refractivity contribution in [1.82, 2.24) is 24.7 Å². The molecule has 1 atom stereocenters. The average Bonchev–Trinajstić information content (AvgIpc) is 3.34. The molecule has 0 unspecified atom stereocenters. The van der Waals surface area contributed by atoms with Crippen LogP contribution in [0.5, 0.6) is 0 Å². The number of nitrogens with zero attached hydrogens (tertiary/aromatic N) is 4. The van der Waals surface area contributed by atoms with Crippen molar-refractivity contribution in [3.63, 3.8) is 0 Å². The Morgan fingerprint density at radius 2 is 2.11 bits per heavy atom. The van der Waals surface area contributed by atoms with Gasteiger partial charge in [-0.05, 0) is 25.7 Å². The van der Waals surface area contributed by atoms with E-state index in [1.807, 2.05) is 24.8 Å². The molecule has 0 spiro atoms. The normalized spacial score (nSPS) is 17.6. The summed E-state index contributed by atoms with van der Waals surface area (Å²) < 4.78 is 6.64. The number of likely N-dealkylation sites (tertiary alicyclic amines) is 1. The van der Waals surface area contributed by atoms with Crippen LogP contribution in [0.15, 0.2) is 27.5 Å². The lowest BCUT2D eigenvalue weighted by Gasteiger charge is -2.34. The Hall–Kier alpha value is -2.90. The van der Waals surface area contributed by atoms with Crippen LogP contribution in [0.25, 0.3) is 5.65 Å². The minimum absolute atomic E-state index is 0.138. The van der Waals surface area contributed by atoms with Crippen LogP contribution in [0, 0.1) is 0 Å². The smallest absolute Gasteiger partial charge is 0.276 e. The quantitative estimate of drug-likeness (QED) is 0.762. The van der Waals surface area contributed by atoms with Crippen molar-refractivity contribution in [3.8, 4) is 0 Å². The maximum atomic E-state index is 13.0. The predicted molar refractivity (Wildman–Crippen MR) is 98.7 cm³/mol. The Labute approximate surface area is 156 Å². The van der Waals surface area contributed by atoms with Gasteiger partial charge in [-0.15, -0.1) is 0 Å². The zero-order valence-corrected chi connectivity index (χ0v) is 15.6. The first kappa shape index (κ1) is 17.5. The molecule has 27 heavy (non-hydrogen) atoms. The summed E-state index contributed by atoms with van der Waals surface area (Å²) in [7, 11) is 0. The molecule has 1 aliphatic heterocycles. The summed E-state index contributed by atoms with van der Waals surface area (Å²) in [5, 5.41) is 7.07. The summed E-state index contributed by atoms with van der Waals surface area (Å²) in [5.74, 6) is 0.553. The fraction of sp³-hybridized carbons (Fsp3) is 0.474. The number of carbonyl (C=O) groups excluding carboxylic acids is 1. The van der Waals surface area contributed by atoms with Crippen LogP contribution in [0.2, 0.25) is 0 Å². The highest BCUT2D eigenvalue weighted by Gasteiger charge is 2.31. The van der Waals surface area contributed by atoms with E-state index in [2.05, 4.69) is 15.2 Å². The van der Waals surface area contributed by atoms with Crippen LogP contribution in [0.4, 0.5) is 0 Å². The molecule has 142 valence electrons. The lowest BCUT2D eigenvalue weighted by Crippen LogP contribution is -2.39. The maximum Gasteiger partial charge on any atom is 0.276 e. The summed E-state index contributed by atoms with van der Waals surface area (Å²) in [5.41, 5.74) is 2.36. The molecule has 8 heteroatoms. The third kappa shape index (κ3) is 3.15. The number of carbonyl (C=O) groups is 1. The molecule has 0 aliphatic carbocycles. The van der Waals surface area contributed by atoms with E-state index in [4.69, 9.17) is 4.52 Å². The molecule has 0 saturated carbocycles. The third-order valence-corrected chi connectivity index (χ3v) is 5.13. The van der Waals surface area contributed by atoms with Gasteiger partial charge >= 0.3 is 0 Å². The number of hydrogen-bond donors (Lipinski definition) is 1. The Morgan fingerprint density at radius 3 is 2.85 bits per heavy atom. The molecule has 0 radical (unpaired) electrons. The number of aryl methyl sites for hydroxylation is 2. The Kier molecular flexibility index (Phi) is 4.55. The number of piperidine rings is 1. The molecule has 3 aromatic heterocycles. The average molecular weight is 369 g/mol. The number of aromatic nitrogens is 4. The highest BCUT2D eigenvalue weighted by molar-refractivity contribution is 5.92. The summed E-state index contributed by atoms with van der Waals surface area (Å²) >= 11 is 0. The number of H-pyrrole nitrogens is 1. The highest BCUT2D eigenvalue weighted by atomic mass is 16.5.